The summed E-state index contributed by atoms with van der Waals surface area (Å²) in [5, 5.41) is 2.87. The van der Waals surface area contributed by atoms with Gasteiger partial charge >= 0.3 is 0 Å². The minimum Gasteiger partial charge on any atom is -0.341 e. The molecule has 0 atom stereocenters. The molecule has 1 amide bonds. The highest BCUT2D eigenvalue weighted by molar-refractivity contribution is 6.03. The van der Waals surface area contributed by atoms with Crippen molar-refractivity contribution in [3.8, 4) is 0 Å². The minimum absolute atomic E-state index is 0.220. The van der Waals surface area contributed by atoms with Crippen LogP contribution >= 0.6 is 0 Å². The van der Waals surface area contributed by atoms with Crippen molar-refractivity contribution < 1.29 is 4.79 Å². The summed E-state index contributed by atoms with van der Waals surface area (Å²) in [5.41, 5.74) is 3.08. The van der Waals surface area contributed by atoms with Crippen molar-refractivity contribution in [2.75, 3.05) is 23.3 Å². The molecule has 2 rings (SSSR count). The molecule has 5 nitrogen and oxygen atoms in total. The van der Waals surface area contributed by atoms with Crippen LogP contribution in [-0.4, -0.2) is 29.0 Å². The van der Waals surface area contributed by atoms with E-state index in [-0.39, 0.29) is 5.91 Å². The van der Waals surface area contributed by atoms with Gasteiger partial charge in [-0.05, 0) is 45.9 Å². The van der Waals surface area contributed by atoms with Crippen molar-refractivity contribution in [2.24, 2.45) is 0 Å². The van der Waals surface area contributed by atoms with E-state index in [2.05, 4.69) is 15.3 Å². The van der Waals surface area contributed by atoms with Crippen LogP contribution in [-0.2, 0) is 0 Å². The predicted octanol–water partition coefficient (Wildman–Crippen LogP) is 3.19. The highest BCUT2D eigenvalue weighted by atomic mass is 16.1. The average Bonchev–Trinajstić information content (AvgIpc) is 2.50. The molecule has 0 unspecified atom stereocenters. The SMILES string of the molecule is CCN(CC)c1nc(C)cc(C(=O)Nc2ccc(C)cc2)n1. The Morgan fingerprint density at radius 1 is 1.09 bits per heavy atom. The number of hydrogen-bond donors (Lipinski definition) is 1. The molecule has 0 bridgehead atoms. The third kappa shape index (κ3) is 3.81. The molecule has 0 spiro atoms. The Hall–Kier alpha value is -2.43. The number of carbonyl (C=O) groups excluding carboxylic acids is 1. The smallest absolute Gasteiger partial charge is 0.274 e. The number of rotatable bonds is 5. The molecule has 2 aromatic rings. The van der Waals surface area contributed by atoms with Crippen LogP contribution in [0.1, 0.15) is 35.6 Å². The molecule has 0 aliphatic carbocycles. The van der Waals surface area contributed by atoms with Crippen molar-refractivity contribution in [1.82, 2.24) is 9.97 Å². The second-order valence-electron chi connectivity index (χ2n) is 5.19. The molecule has 1 heterocycles. The van der Waals surface area contributed by atoms with Crippen LogP contribution < -0.4 is 10.2 Å². The number of carbonyl (C=O) groups is 1. The molecule has 0 saturated heterocycles. The fraction of sp³-hybridized carbons (Fsp3) is 0.353. The third-order valence-electron chi connectivity index (χ3n) is 3.43. The highest BCUT2D eigenvalue weighted by Gasteiger charge is 2.13. The zero-order chi connectivity index (χ0) is 16.1. The Kier molecular flexibility index (Phi) is 5.09. The van der Waals surface area contributed by atoms with E-state index in [0.29, 0.717) is 11.6 Å². The van der Waals surface area contributed by atoms with Crippen molar-refractivity contribution in [2.45, 2.75) is 27.7 Å². The number of benzene rings is 1. The first-order valence-electron chi connectivity index (χ1n) is 7.52. The number of hydrogen-bond acceptors (Lipinski definition) is 4. The summed E-state index contributed by atoms with van der Waals surface area (Å²) in [6, 6.07) is 9.39. The summed E-state index contributed by atoms with van der Waals surface area (Å²) in [6.07, 6.45) is 0. The van der Waals surface area contributed by atoms with Crippen molar-refractivity contribution in [3.63, 3.8) is 0 Å². The maximum absolute atomic E-state index is 12.4. The maximum Gasteiger partial charge on any atom is 0.274 e. The highest BCUT2D eigenvalue weighted by Crippen LogP contribution is 2.13. The van der Waals surface area contributed by atoms with E-state index >= 15 is 0 Å². The molecule has 1 aromatic carbocycles. The van der Waals surface area contributed by atoms with Gasteiger partial charge in [0.15, 0.2) is 0 Å². The lowest BCUT2D eigenvalue weighted by atomic mass is 10.2. The molecule has 1 N–H and O–H groups in total. The first-order valence-corrected chi connectivity index (χ1v) is 7.52. The van der Waals surface area contributed by atoms with Crippen molar-refractivity contribution in [1.29, 1.82) is 0 Å². The molecule has 22 heavy (non-hydrogen) atoms. The van der Waals surface area contributed by atoms with Gasteiger partial charge in [0, 0.05) is 24.5 Å². The van der Waals surface area contributed by atoms with Crippen molar-refractivity contribution in [3.05, 3.63) is 47.3 Å². The van der Waals surface area contributed by atoms with Gasteiger partial charge in [0.1, 0.15) is 5.69 Å². The second-order valence-corrected chi connectivity index (χ2v) is 5.19. The molecule has 0 aliphatic rings. The Balaban J connectivity index is 2.23. The fourth-order valence-corrected chi connectivity index (χ4v) is 2.15. The molecule has 0 aliphatic heterocycles. The van der Waals surface area contributed by atoms with Crippen LogP contribution in [0.2, 0.25) is 0 Å². The van der Waals surface area contributed by atoms with Gasteiger partial charge in [-0.15, -0.1) is 0 Å². The van der Waals surface area contributed by atoms with Gasteiger partial charge < -0.3 is 10.2 Å². The fourth-order valence-electron chi connectivity index (χ4n) is 2.15. The van der Waals surface area contributed by atoms with Gasteiger partial charge in [-0.2, -0.15) is 0 Å². The van der Waals surface area contributed by atoms with E-state index in [1.807, 2.05) is 56.9 Å². The lowest BCUT2D eigenvalue weighted by molar-refractivity contribution is 0.102. The molecular weight excluding hydrogens is 276 g/mol. The van der Waals surface area contributed by atoms with Crippen LogP contribution in [0.5, 0.6) is 0 Å². The van der Waals surface area contributed by atoms with Gasteiger partial charge in [-0.25, -0.2) is 9.97 Å². The van der Waals surface area contributed by atoms with E-state index < -0.39 is 0 Å². The number of anilines is 2. The number of aryl methyl sites for hydroxylation is 2. The summed E-state index contributed by atoms with van der Waals surface area (Å²) in [5.74, 6) is 0.377. The standard InChI is InChI=1S/C17H22N4O/c1-5-21(6-2)17-18-13(4)11-15(20-17)16(22)19-14-9-7-12(3)8-10-14/h7-11H,5-6H2,1-4H3,(H,19,22). The van der Waals surface area contributed by atoms with E-state index in [4.69, 9.17) is 0 Å². The maximum atomic E-state index is 12.4. The van der Waals surface area contributed by atoms with Crippen LogP contribution in [0.4, 0.5) is 11.6 Å². The van der Waals surface area contributed by atoms with Crippen LogP contribution in [0.15, 0.2) is 30.3 Å². The number of amides is 1. The van der Waals surface area contributed by atoms with E-state index in [1.165, 1.54) is 0 Å². The molecule has 5 heteroatoms. The summed E-state index contributed by atoms with van der Waals surface area (Å²) in [7, 11) is 0. The molecule has 0 saturated carbocycles. The Morgan fingerprint density at radius 2 is 1.73 bits per heavy atom. The molecule has 0 fully saturated rings. The van der Waals surface area contributed by atoms with Gasteiger partial charge in [-0.3, -0.25) is 4.79 Å². The van der Waals surface area contributed by atoms with E-state index in [1.54, 1.807) is 6.07 Å². The molecule has 1 aromatic heterocycles. The monoisotopic (exact) mass is 298 g/mol. The van der Waals surface area contributed by atoms with Crippen molar-refractivity contribution >= 4 is 17.5 Å². The first-order chi connectivity index (χ1) is 10.5. The summed E-state index contributed by atoms with van der Waals surface area (Å²) in [4.78, 5) is 23.2. The summed E-state index contributed by atoms with van der Waals surface area (Å²) >= 11 is 0. The predicted molar refractivity (Wildman–Crippen MR) is 89.5 cm³/mol. The normalized spacial score (nSPS) is 10.4. The summed E-state index contributed by atoms with van der Waals surface area (Å²) in [6.45, 7) is 9.58. The number of nitrogens with zero attached hydrogens (tertiary/aromatic N) is 3. The first kappa shape index (κ1) is 15.9. The van der Waals surface area contributed by atoms with Gasteiger partial charge in [-0.1, -0.05) is 17.7 Å². The molecule has 116 valence electrons. The average molecular weight is 298 g/mol. The Bertz CT molecular complexity index is 648. The van der Waals surface area contributed by atoms with Crippen LogP contribution in [0.25, 0.3) is 0 Å². The summed E-state index contributed by atoms with van der Waals surface area (Å²) < 4.78 is 0. The van der Waals surface area contributed by atoms with Crippen LogP contribution in [0.3, 0.4) is 0 Å². The van der Waals surface area contributed by atoms with Crippen LogP contribution in [0, 0.1) is 13.8 Å². The Labute approximate surface area is 131 Å². The zero-order valence-corrected chi connectivity index (χ0v) is 13.6. The molecular formula is C17H22N4O. The number of aromatic nitrogens is 2. The second kappa shape index (κ2) is 7.02. The minimum atomic E-state index is -0.220. The van der Waals surface area contributed by atoms with E-state index in [0.717, 1.165) is 30.0 Å². The van der Waals surface area contributed by atoms with Gasteiger partial charge in [0.25, 0.3) is 5.91 Å². The quantitative estimate of drug-likeness (QED) is 0.921. The third-order valence-corrected chi connectivity index (χ3v) is 3.43. The topological polar surface area (TPSA) is 58.1 Å². The van der Waals surface area contributed by atoms with Gasteiger partial charge in [0.2, 0.25) is 5.95 Å². The van der Waals surface area contributed by atoms with Gasteiger partial charge in [0.05, 0.1) is 0 Å². The Morgan fingerprint density at radius 3 is 2.32 bits per heavy atom. The lowest BCUT2D eigenvalue weighted by Gasteiger charge is -2.19. The molecule has 0 radical (unpaired) electrons. The van der Waals surface area contributed by atoms with E-state index in [9.17, 15) is 4.79 Å². The largest absolute Gasteiger partial charge is 0.341 e. The lowest BCUT2D eigenvalue weighted by Crippen LogP contribution is -2.26. The number of nitrogens with one attached hydrogen (secondary N) is 1. The zero-order valence-electron chi connectivity index (χ0n) is 13.6.